The fraction of sp³-hybridized carbons (Fsp3) is 0.917. The first-order chi connectivity index (χ1) is 7.74. The van der Waals surface area contributed by atoms with E-state index < -0.39 is 0 Å². The van der Waals surface area contributed by atoms with Gasteiger partial charge in [0.2, 0.25) is 5.91 Å². The summed E-state index contributed by atoms with van der Waals surface area (Å²) < 4.78 is 0. The van der Waals surface area contributed by atoms with Gasteiger partial charge in [0.05, 0.1) is 0 Å². The van der Waals surface area contributed by atoms with Crippen LogP contribution in [0.1, 0.15) is 39.0 Å². The Kier molecular flexibility index (Phi) is 10.5. The lowest BCUT2D eigenvalue weighted by Gasteiger charge is -2.15. The van der Waals surface area contributed by atoms with Crippen molar-refractivity contribution in [2.45, 2.75) is 39.0 Å². The minimum absolute atomic E-state index is 0.0993. The van der Waals surface area contributed by atoms with Crippen molar-refractivity contribution in [2.75, 3.05) is 26.7 Å². The fourth-order valence-electron chi connectivity index (χ4n) is 1.74. The van der Waals surface area contributed by atoms with E-state index in [2.05, 4.69) is 17.6 Å². The Morgan fingerprint density at radius 3 is 2.69 bits per heavy atom. The summed E-state index contributed by atoms with van der Waals surface area (Å²) in [6, 6.07) is 0. The van der Waals surface area contributed by atoms with Gasteiger partial charge in [-0.25, -0.2) is 0 Å². The molecular weight excluding hydrogens is 204 g/mol. The Morgan fingerprint density at radius 1 is 1.38 bits per heavy atom. The van der Waals surface area contributed by atoms with Gasteiger partial charge in [-0.05, 0) is 38.3 Å². The number of carbonyl (C=O) groups excluding carboxylic acids is 1. The highest BCUT2D eigenvalue weighted by Crippen LogP contribution is 2.09. The number of hydrogen-bond donors (Lipinski definition) is 3. The predicted octanol–water partition coefficient (Wildman–Crippen LogP) is 0.901. The van der Waals surface area contributed by atoms with Crippen LogP contribution >= 0.6 is 0 Å². The maximum absolute atomic E-state index is 10.9. The van der Waals surface area contributed by atoms with E-state index in [4.69, 9.17) is 5.11 Å². The zero-order chi connectivity index (χ0) is 12.2. The van der Waals surface area contributed by atoms with Crippen LogP contribution in [-0.2, 0) is 4.79 Å². The summed E-state index contributed by atoms with van der Waals surface area (Å²) in [7, 11) is 1.66. The van der Waals surface area contributed by atoms with Crippen LogP contribution in [0, 0.1) is 5.92 Å². The van der Waals surface area contributed by atoms with Crippen LogP contribution < -0.4 is 10.6 Å². The van der Waals surface area contributed by atoms with Crippen LogP contribution in [0.15, 0.2) is 0 Å². The van der Waals surface area contributed by atoms with Crippen molar-refractivity contribution in [1.29, 1.82) is 0 Å². The standard InChI is InChI=1S/C12H26N2O2/c1-3-5-11(7-9-15)10-14-8-4-6-12(16)13-2/h11,14-15H,3-10H2,1-2H3,(H,13,16). The highest BCUT2D eigenvalue weighted by molar-refractivity contribution is 5.75. The first-order valence-corrected chi connectivity index (χ1v) is 6.26. The molecule has 0 saturated carbocycles. The largest absolute Gasteiger partial charge is 0.396 e. The van der Waals surface area contributed by atoms with Crippen LogP contribution in [0.25, 0.3) is 0 Å². The monoisotopic (exact) mass is 230 g/mol. The maximum atomic E-state index is 10.9. The number of hydrogen-bond acceptors (Lipinski definition) is 3. The number of carbonyl (C=O) groups is 1. The van der Waals surface area contributed by atoms with Gasteiger partial charge in [0.25, 0.3) is 0 Å². The highest BCUT2D eigenvalue weighted by Gasteiger charge is 2.06. The van der Waals surface area contributed by atoms with E-state index in [0.29, 0.717) is 12.3 Å². The van der Waals surface area contributed by atoms with Crippen LogP contribution in [-0.4, -0.2) is 37.8 Å². The van der Waals surface area contributed by atoms with E-state index in [1.807, 2.05) is 0 Å². The maximum Gasteiger partial charge on any atom is 0.219 e. The molecule has 0 aromatic heterocycles. The Morgan fingerprint density at radius 2 is 2.12 bits per heavy atom. The topological polar surface area (TPSA) is 61.4 Å². The molecule has 0 aliphatic heterocycles. The molecule has 4 nitrogen and oxygen atoms in total. The predicted molar refractivity (Wildman–Crippen MR) is 66.3 cm³/mol. The van der Waals surface area contributed by atoms with Crippen LogP contribution in [0.4, 0.5) is 0 Å². The third-order valence-electron chi connectivity index (χ3n) is 2.70. The molecule has 0 bridgehead atoms. The number of aliphatic hydroxyl groups excluding tert-OH is 1. The fourth-order valence-corrected chi connectivity index (χ4v) is 1.74. The lowest BCUT2D eigenvalue weighted by Crippen LogP contribution is -2.26. The second-order valence-corrected chi connectivity index (χ2v) is 4.15. The van der Waals surface area contributed by atoms with E-state index in [-0.39, 0.29) is 12.5 Å². The van der Waals surface area contributed by atoms with Gasteiger partial charge in [0.15, 0.2) is 0 Å². The number of rotatable bonds is 10. The van der Waals surface area contributed by atoms with Crippen LogP contribution in [0.2, 0.25) is 0 Å². The van der Waals surface area contributed by atoms with Gasteiger partial charge in [-0.3, -0.25) is 4.79 Å². The lowest BCUT2D eigenvalue weighted by atomic mass is 10.0. The number of amides is 1. The first-order valence-electron chi connectivity index (χ1n) is 6.26. The molecule has 1 atom stereocenters. The third kappa shape index (κ3) is 8.68. The summed E-state index contributed by atoms with van der Waals surface area (Å²) in [4.78, 5) is 10.9. The molecule has 0 aliphatic rings. The molecule has 0 aromatic rings. The molecule has 0 saturated heterocycles. The minimum Gasteiger partial charge on any atom is -0.396 e. The summed E-state index contributed by atoms with van der Waals surface area (Å²) >= 11 is 0. The number of nitrogens with one attached hydrogen (secondary N) is 2. The van der Waals surface area contributed by atoms with Gasteiger partial charge in [-0.15, -0.1) is 0 Å². The van der Waals surface area contributed by atoms with Gasteiger partial charge >= 0.3 is 0 Å². The Labute approximate surface area is 98.8 Å². The zero-order valence-electron chi connectivity index (χ0n) is 10.6. The Balaban J connectivity index is 3.42. The molecule has 0 radical (unpaired) electrons. The van der Waals surface area contributed by atoms with E-state index in [1.54, 1.807) is 7.05 Å². The Bertz CT molecular complexity index is 168. The van der Waals surface area contributed by atoms with Crippen LogP contribution in [0.5, 0.6) is 0 Å². The van der Waals surface area contributed by atoms with Crippen molar-refractivity contribution < 1.29 is 9.90 Å². The lowest BCUT2D eigenvalue weighted by molar-refractivity contribution is -0.120. The molecule has 0 aromatic carbocycles. The third-order valence-corrected chi connectivity index (χ3v) is 2.70. The summed E-state index contributed by atoms with van der Waals surface area (Å²) in [6.45, 7) is 4.25. The van der Waals surface area contributed by atoms with E-state index in [1.165, 1.54) is 0 Å². The van der Waals surface area contributed by atoms with Crippen molar-refractivity contribution in [3.8, 4) is 0 Å². The summed E-state index contributed by atoms with van der Waals surface area (Å²) in [6.07, 6.45) is 4.64. The molecule has 1 unspecified atom stereocenters. The van der Waals surface area contributed by atoms with E-state index in [0.717, 1.165) is 38.8 Å². The average Bonchev–Trinajstić information content (AvgIpc) is 2.28. The summed E-state index contributed by atoms with van der Waals surface area (Å²) in [5.41, 5.74) is 0. The molecule has 0 spiro atoms. The SMILES string of the molecule is CCCC(CCO)CNCCCC(=O)NC. The molecule has 0 fully saturated rings. The second-order valence-electron chi connectivity index (χ2n) is 4.15. The van der Waals surface area contributed by atoms with Gasteiger partial charge < -0.3 is 15.7 Å². The average molecular weight is 230 g/mol. The molecule has 1 amide bonds. The van der Waals surface area contributed by atoms with E-state index in [9.17, 15) is 4.79 Å². The molecule has 0 rings (SSSR count). The van der Waals surface area contributed by atoms with Gasteiger partial charge in [0.1, 0.15) is 0 Å². The normalized spacial score (nSPS) is 12.4. The van der Waals surface area contributed by atoms with Gasteiger partial charge in [-0.1, -0.05) is 13.3 Å². The minimum atomic E-state index is 0.0993. The summed E-state index contributed by atoms with van der Waals surface area (Å²) in [5, 5.41) is 14.8. The van der Waals surface area contributed by atoms with Crippen molar-refractivity contribution in [1.82, 2.24) is 10.6 Å². The quantitative estimate of drug-likeness (QED) is 0.489. The molecule has 16 heavy (non-hydrogen) atoms. The molecule has 0 aliphatic carbocycles. The van der Waals surface area contributed by atoms with Crippen LogP contribution in [0.3, 0.4) is 0 Å². The highest BCUT2D eigenvalue weighted by atomic mass is 16.3. The zero-order valence-corrected chi connectivity index (χ0v) is 10.6. The molecule has 0 heterocycles. The van der Waals surface area contributed by atoms with Gasteiger partial charge in [0, 0.05) is 20.1 Å². The first kappa shape index (κ1) is 15.4. The van der Waals surface area contributed by atoms with Crippen molar-refractivity contribution in [3.05, 3.63) is 0 Å². The molecular formula is C12H26N2O2. The molecule has 3 N–H and O–H groups in total. The molecule has 96 valence electrons. The van der Waals surface area contributed by atoms with Gasteiger partial charge in [-0.2, -0.15) is 0 Å². The van der Waals surface area contributed by atoms with Crippen molar-refractivity contribution in [3.63, 3.8) is 0 Å². The second kappa shape index (κ2) is 10.9. The smallest absolute Gasteiger partial charge is 0.219 e. The molecule has 4 heteroatoms. The Hall–Kier alpha value is -0.610. The van der Waals surface area contributed by atoms with Crippen molar-refractivity contribution in [2.24, 2.45) is 5.92 Å². The van der Waals surface area contributed by atoms with Crippen molar-refractivity contribution >= 4 is 5.91 Å². The summed E-state index contributed by atoms with van der Waals surface area (Å²) in [5.74, 6) is 0.664. The van der Waals surface area contributed by atoms with E-state index >= 15 is 0 Å². The number of aliphatic hydroxyl groups is 1.